The summed E-state index contributed by atoms with van der Waals surface area (Å²) in [4.78, 5) is 0. The Morgan fingerprint density at radius 1 is 1.00 bits per heavy atom. The van der Waals surface area contributed by atoms with Gasteiger partial charge in [0.2, 0.25) is 0 Å². The molecule has 0 aliphatic carbocycles. The van der Waals surface area contributed by atoms with Gasteiger partial charge < -0.3 is 10.5 Å². The Labute approximate surface area is 147 Å². The molecule has 2 N–H and O–H groups in total. The Balaban J connectivity index is 2.16. The highest BCUT2D eigenvalue weighted by atomic mass is 127. The van der Waals surface area contributed by atoms with E-state index < -0.39 is 0 Å². The summed E-state index contributed by atoms with van der Waals surface area (Å²) in [7, 11) is 0. The van der Waals surface area contributed by atoms with Gasteiger partial charge in [-0.2, -0.15) is 0 Å². The second-order valence-electron chi connectivity index (χ2n) is 3.73. The molecule has 94 valence electrons. The van der Waals surface area contributed by atoms with Crippen LogP contribution in [-0.2, 0) is 6.61 Å². The lowest BCUT2D eigenvalue weighted by atomic mass is 10.2. The molecule has 0 fully saturated rings. The normalized spacial score (nSPS) is 10.4. The van der Waals surface area contributed by atoms with E-state index in [0.29, 0.717) is 6.61 Å². The third-order valence-corrected chi connectivity index (χ3v) is 4.52. The van der Waals surface area contributed by atoms with Gasteiger partial charge in [-0.3, -0.25) is 0 Å². The number of hydrogen-bond donors (Lipinski definition) is 1. The van der Waals surface area contributed by atoms with Crippen LogP contribution in [0.25, 0.3) is 0 Å². The zero-order valence-corrected chi connectivity index (χ0v) is 15.8. The molecule has 2 aromatic carbocycles. The van der Waals surface area contributed by atoms with Crippen LogP contribution < -0.4 is 10.5 Å². The predicted molar refractivity (Wildman–Crippen MR) is 99.8 cm³/mol. The van der Waals surface area contributed by atoms with Crippen LogP contribution in [-0.4, -0.2) is 0 Å². The van der Waals surface area contributed by atoms with Gasteiger partial charge in [0.1, 0.15) is 12.4 Å². The van der Waals surface area contributed by atoms with Crippen molar-refractivity contribution in [3.63, 3.8) is 0 Å². The summed E-state index contributed by atoms with van der Waals surface area (Å²) in [5, 5.41) is 0. The third-order valence-electron chi connectivity index (χ3n) is 2.30. The maximum absolute atomic E-state index is 5.89. The SMILES string of the molecule is Nc1cccc(COc2c(I)cc(I)cc2I)c1. The van der Waals surface area contributed by atoms with Crippen LogP contribution >= 0.6 is 67.8 Å². The molecule has 18 heavy (non-hydrogen) atoms. The van der Waals surface area contributed by atoms with Crippen molar-refractivity contribution < 1.29 is 4.74 Å². The third kappa shape index (κ3) is 3.86. The van der Waals surface area contributed by atoms with Crippen LogP contribution in [0.2, 0.25) is 0 Å². The number of benzene rings is 2. The van der Waals surface area contributed by atoms with Crippen LogP contribution in [0.5, 0.6) is 5.75 Å². The van der Waals surface area contributed by atoms with Gasteiger partial charge in [-0.25, -0.2) is 0 Å². The van der Waals surface area contributed by atoms with Gasteiger partial charge in [0.05, 0.1) is 7.14 Å². The van der Waals surface area contributed by atoms with Crippen LogP contribution in [0.15, 0.2) is 36.4 Å². The lowest BCUT2D eigenvalue weighted by Crippen LogP contribution is -2.00. The number of anilines is 1. The zero-order valence-electron chi connectivity index (χ0n) is 9.29. The van der Waals surface area contributed by atoms with E-state index in [1.807, 2.05) is 24.3 Å². The van der Waals surface area contributed by atoms with E-state index in [0.717, 1.165) is 24.1 Å². The summed E-state index contributed by atoms with van der Waals surface area (Å²) >= 11 is 6.91. The van der Waals surface area contributed by atoms with Crippen LogP contribution in [0.1, 0.15) is 5.56 Å². The summed E-state index contributed by atoms with van der Waals surface area (Å²) < 4.78 is 9.37. The fourth-order valence-electron chi connectivity index (χ4n) is 1.51. The second-order valence-corrected chi connectivity index (χ2v) is 7.30. The molecule has 0 aromatic heterocycles. The standard InChI is InChI=1S/C13H10I3NO/c14-9-5-11(15)13(12(16)6-9)18-7-8-2-1-3-10(17)4-8/h1-6H,7,17H2. The van der Waals surface area contributed by atoms with Crippen molar-refractivity contribution in [2.75, 3.05) is 5.73 Å². The maximum Gasteiger partial charge on any atom is 0.146 e. The fraction of sp³-hybridized carbons (Fsp3) is 0.0769. The topological polar surface area (TPSA) is 35.2 Å². The summed E-state index contributed by atoms with van der Waals surface area (Å²) in [6.45, 7) is 0.539. The first-order chi connectivity index (χ1) is 8.56. The van der Waals surface area contributed by atoms with Crippen molar-refractivity contribution in [2.24, 2.45) is 0 Å². The van der Waals surface area contributed by atoms with E-state index in [1.54, 1.807) is 0 Å². The average Bonchev–Trinajstić information content (AvgIpc) is 2.27. The van der Waals surface area contributed by atoms with Crippen molar-refractivity contribution in [1.82, 2.24) is 0 Å². The summed E-state index contributed by atoms with van der Waals surface area (Å²) in [6, 6.07) is 12.0. The number of hydrogen-bond acceptors (Lipinski definition) is 2. The molecular weight excluding hydrogens is 567 g/mol. The van der Waals surface area contributed by atoms with E-state index in [1.165, 1.54) is 3.57 Å². The second kappa shape index (κ2) is 6.60. The van der Waals surface area contributed by atoms with Crippen molar-refractivity contribution in [1.29, 1.82) is 0 Å². The molecule has 0 unspecified atom stereocenters. The Kier molecular flexibility index (Phi) is 5.36. The highest BCUT2D eigenvalue weighted by Gasteiger charge is 2.08. The lowest BCUT2D eigenvalue weighted by Gasteiger charge is -2.11. The highest BCUT2D eigenvalue weighted by molar-refractivity contribution is 14.1. The monoisotopic (exact) mass is 577 g/mol. The lowest BCUT2D eigenvalue weighted by molar-refractivity contribution is 0.302. The molecule has 5 heteroatoms. The molecule has 0 aliphatic rings. The van der Waals surface area contributed by atoms with Gasteiger partial charge in [-0.05, 0) is 97.6 Å². The van der Waals surface area contributed by atoms with E-state index in [9.17, 15) is 0 Å². The number of nitrogens with two attached hydrogens (primary N) is 1. The molecule has 0 atom stereocenters. The van der Waals surface area contributed by atoms with Gasteiger partial charge in [0.25, 0.3) is 0 Å². The molecule has 0 amide bonds. The zero-order chi connectivity index (χ0) is 13.1. The molecule has 2 rings (SSSR count). The van der Waals surface area contributed by atoms with Crippen molar-refractivity contribution in [3.05, 3.63) is 52.7 Å². The molecule has 0 saturated heterocycles. The van der Waals surface area contributed by atoms with Crippen molar-refractivity contribution >= 4 is 73.5 Å². The summed E-state index contributed by atoms with van der Waals surface area (Å²) in [6.07, 6.45) is 0. The first-order valence-electron chi connectivity index (χ1n) is 5.18. The smallest absolute Gasteiger partial charge is 0.146 e. The van der Waals surface area contributed by atoms with Gasteiger partial charge in [-0.15, -0.1) is 0 Å². The van der Waals surface area contributed by atoms with Crippen molar-refractivity contribution in [2.45, 2.75) is 6.61 Å². The molecule has 0 radical (unpaired) electrons. The minimum atomic E-state index is 0.539. The molecule has 0 aliphatic heterocycles. The molecule has 0 bridgehead atoms. The molecule has 2 aromatic rings. The van der Waals surface area contributed by atoms with E-state index >= 15 is 0 Å². The maximum atomic E-state index is 5.89. The molecule has 0 heterocycles. The highest BCUT2D eigenvalue weighted by Crippen LogP contribution is 2.30. The largest absolute Gasteiger partial charge is 0.487 e. The molecular formula is C13H10I3NO. The Bertz CT molecular complexity index is 549. The van der Waals surface area contributed by atoms with Crippen LogP contribution in [0, 0.1) is 10.7 Å². The van der Waals surface area contributed by atoms with E-state index in [2.05, 4.69) is 79.9 Å². The number of rotatable bonds is 3. The predicted octanol–water partition coefficient (Wildman–Crippen LogP) is 4.66. The summed E-state index contributed by atoms with van der Waals surface area (Å²) in [5.41, 5.74) is 7.60. The number of nitrogen functional groups attached to an aromatic ring is 1. The fourth-order valence-corrected chi connectivity index (χ4v) is 5.40. The van der Waals surface area contributed by atoms with E-state index in [-0.39, 0.29) is 0 Å². The number of ether oxygens (including phenoxy) is 1. The minimum Gasteiger partial charge on any atom is -0.487 e. The van der Waals surface area contributed by atoms with Gasteiger partial charge in [0, 0.05) is 9.26 Å². The van der Waals surface area contributed by atoms with Gasteiger partial charge in [-0.1, -0.05) is 12.1 Å². The Morgan fingerprint density at radius 2 is 1.67 bits per heavy atom. The average molecular weight is 577 g/mol. The van der Waals surface area contributed by atoms with Gasteiger partial charge in [0.15, 0.2) is 0 Å². The molecule has 2 nitrogen and oxygen atoms in total. The van der Waals surface area contributed by atoms with Gasteiger partial charge >= 0.3 is 0 Å². The molecule has 0 spiro atoms. The Hall–Kier alpha value is 0.230. The molecule has 0 saturated carbocycles. The first kappa shape index (κ1) is 14.6. The summed E-state index contributed by atoms with van der Waals surface area (Å²) in [5.74, 6) is 0.944. The van der Waals surface area contributed by atoms with Crippen LogP contribution in [0.3, 0.4) is 0 Å². The quantitative estimate of drug-likeness (QED) is 0.426. The Morgan fingerprint density at radius 3 is 2.28 bits per heavy atom. The first-order valence-corrected chi connectivity index (χ1v) is 8.41. The van der Waals surface area contributed by atoms with E-state index in [4.69, 9.17) is 10.5 Å². The number of halogens is 3. The minimum absolute atomic E-state index is 0.539. The van der Waals surface area contributed by atoms with Crippen LogP contribution in [0.4, 0.5) is 5.69 Å². The van der Waals surface area contributed by atoms with Crippen molar-refractivity contribution in [3.8, 4) is 5.75 Å².